The summed E-state index contributed by atoms with van der Waals surface area (Å²) in [6.07, 6.45) is 4.80. The Hall–Kier alpha value is -2.91. The molecular weight excluding hydrogens is 468 g/mol. The van der Waals surface area contributed by atoms with Gasteiger partial charge >= 0.3 is 0 Å². The fourth-order valence-electron chi connectivity index (χ4n) is 2.39. The lowest BCUT2D eigenvalue weighted by molar-refractivity contribution is -0.118. The van der Waals surface area contributed by atoms with Crippen LogP contribution in [-0.2, 0) is 11.4 Å². The molecule has 0 saturated carbocycles. The summed E-state index contributed by atoms with van der Waals surface area (Å²) in [5.74, 6) is 1.07. The minimum absolute atomic E-state index is 0.167. The largest absolute Gasteiger partial charge is 0.493 e. The van der Waals surface area contributed by atoms with Gasteiger partial charge in [-0.1, -0.05) is 42.1 Å². The van der Waals surface area contributed by atoms with Crippen LogP contribution in [0, 0.1) is 0 Å². The summed E-state index contributed by atoms with van der Waals surface area (Å²) in [5.41, 5.74) is 4.28. The molecule has 0 aliphatic heterocycles. The first-order valence-corrected chi connectivity index (χ1v) is 10.7. The Balaban J connectivity index is 1.57. The van der Waals surface area contributed by atoms with Gasteiger partial charge < -0.3 is 9.47 Å². The number of amides is 1. The highest BCUT2D eigenvalue weighted by Gasteiger charge is 2.12. The number of ether oxygens (including phenoxy) is 2. The molecule has 0 saturated heterocycles. The molecule has 0 radical (unpaired) electrons. The number of hydrogen-bond donors (Lipinski definition) is 1. The van der Waals surface area contributed by atoms with Crippen molar-refractivity contribution in [2.75, 3.05) is 12.9 Å². The van der Waals surface area contributed by atoms with Crippen LogP contribution in [0.5, 0.6) is 11.5 Å². The first-order chi connectivity index (χ1) is 14.7. The average molecular weight is 487 g/mol. The minimum atomic E-state index is -0.252. The summed E-state index contributed by atoms with van der Waals surface area (Å²) >= 11 is 4.75. The van der Waals surface area contributed by atoms with Crippen molar-refractivity contribution in [1.82, 2.24) is 15.4 Å². The molecule has 3 rings (SSSR count). The minimum Gasteiger partial charge on any atom is -0.493 e. The van der Waals surface area contributed by atoms with Gasteiger partial charge in [-0.2, -0.15) is 5.10 Å². The van der Waals surface area contributed by atoms with Gasteiger partial charge in [-0.25, -0.2) is 15.4 Å². The standard InChI is InChI=1S/C21H19BrN4O3S/c1-28-18-11-16(10-17(22)20(18)29-13-15-6-3-2-4-7-15)12-25-26-19(27)14-30-21-23-8-5-9-24-21/h2-12H,13-14H2,1H3,(H,26,27)/b25-12-. The van der Waals surface area contributed by atoms with E-state index in [9.17, 15) is 4.79 Å². The van der Waals surface area contributed by atoms with E-state index in [2.05, 4.69) is 36.4 Å². The van der Waals surface area contributed by atoms with Crippen molar-refractivity contribution in [3.63, 3.8) is 0 Å². The Morgan fingerprint density at radius 3 is 2.70 bits per heavy atom. The van der Waals surface area contributed by atoms with Crippen molar-refractivity contribution in [3.05, 3.63) is 76.5 Å². The van der Waals surface area contributed by atoms with Crippen LogP contribution in [0.25, 0.3) is 0 Å². The highest BCUT2D eigenvalue weighted by Crippen LogP contribution is 2.36. The van der Waals surface area contributed by atoms with Crippen LogP contribution in [0.1, 0.15) is 11.1 Å². The fourth-order valence-corrected chi connectivity index (χ4v) is 3.55. The van der Waals surface area contributed by atoms with Crippen LogP contribution in [-0.4, -0.2) is 35.0 Å². The molecule has 0 unspecified atom stereocenters. The topological polar surface area (TPSA) is 85.7 Å². The number of nitrogens with one attached hydrogen (secondary N) is 1. The number of thioether (sulfide) groups is 1. The van der Waals surface area contributed by atoms with E-state index in [1.54, 1.807) is 31.6 Å². The van der Waals surface area contributed by atoms with Crippen molar-refractivity contribution in [2.24, 2.45) is 5.10 Å². The molecule has 1 amide bonds. The number of nitrogens with zero attached hydrogens (tertiary/aromatic N) is 3. The number of methoxy groups -OCH3 is 1. The third-order valence-electron chi connectivity index (χ3n) is 3.76. The number of hydrogen-bond acceptors (Lipinski definition) is 7. The highest BCUT2D eigenvalue weighted by molar-refractivity contribution is 9.10. The SMILES string of the molecule is COc1cc(/C=N\NC(=O)CSc2ncccn2)cc(Br)c1OCc1ccccc1. The Labute approximate surface area is 187 Å². The van der Waals surface area contributed by atoms with Crippen LogP contribution < -0.4 is 14.9 Å². The van der Waals surface area contributed by atoms with Crippen molar-refractivity contribution in [2.45, 2.75) is 11.8 Å². The number of hydrazone groups is 1. The van der Waals surface area contributed by atoms with Gasteiger partial charge in [0.05, 0.1) is 23.5 Å². The molecule has 7 nitrogen and oxygen atoms in total. The van der Waals surface area contributed by atoms with Gasteiger partial charge in [0.15, 0.2) is 16.7 Å². The molecule has 0 aliphatic rings. The van der Waals surface area contributed by atoms with Gasteiger partial charge in [-0.05, 0) is 45.3 Å². The molecular formula is C21H19BrN4O3S. The number of carbonyl (C=O) groups is 1. The second-order valence-electron chi connectivity index (χ2n) is 5.92. The van der Waals surface area contributed by atoms with Crippen LogP contribution in [0.15, 0.2) is 75.7 Å². The zero-order chi connectivity index (χ0) is 21.2. The average Bonchev–Trinajstić information content (AvgIpc) is 2.78. The van der Waals surface area contributed by atoms with Gasteiger partial charge in [0, 0.05) is 12.4 Å². The van der Waals surface area contributed by atoms with Crippen LogP contribution >= 0.6 is 27.7 Å². The lowest BCUT2D eigenvalue weighted by Crippen LogP contribution is -2.19. The Kier molecular flexibility index (Phi) is 8.22. The molecule has 1 N–H and O–H groups in total. The number of aromatic nitrogens is 2. The Bertz CT molecular complexity index is 1000. The molecule has 154 valence electrons. The molecule has 0 bridgehead atoms. The number of benzene rings is 2. The van der Waals surface area contributed by atoms with Crippen molar-refractivity contribution < 1.29 is 14.3 Å². The normalized spacial score (nSPS) is 10.7. The monoisotopic (exact) mass is 486 g/mol. The third kappa shape index (κ3) is 6.57. The first-order valence-electron chi connectivity index (χ1n) is 8.91. The van der Waals surface area contributed by atoms with Gasteiger partial charge in [0.1, 0.15) is 6.61 Å². The maximum Gasteiger partial charge on any atom is 0.250 e. The fraction of sp³-hybridized carbons (Fsp3) is 0.143. The van der Waals surface area contributed by atoms with E-state index in [4.69, 9.17) is 9.47 Å². The van der Waals surface area contributed by atoms with Crippen LogP contribution in [0.3, 0.4) is 0 Å². The smallest absolute Gasteiger partial charge is 0.250 e. The van der Waals surface area contributed by atoms with Gasteiger partial charge in [0.25, 0.3) is 5.91 Å². The van der Waals surface area contributed by atoms with Gasteiger partial charge in [0.2, 0.25) is 0 Å². The quantitative estimate of drug-likeness (QED) is 0.212. The van der Waals surface area contributed by atoms with Crippen LogP contribution in [0.2, 0.25) is 0 Å². The second kappa shape index (κ2) is 11.3. The van der Waals surface area contributed by atoms with E-state index in [0.29, 0.717) is 23.3 Å². The summed E-state index contributed by atoms with van der Waals surface area (Å²) < 4.78 is 12.1. The van der Waals surface area contributed by atoms with Crippen molar-refractivity contribution in [3.8, 4) is 11.5 Å². The molecule has 0 aliphatic carbocycles. The number of carbonyl (C=O) groups excluding carboxylic acids is 1. The first kappa shape index (κ1) is 21.8. The predicted octanol–water partition coefficient (Wildman–Crippen LogP) is 4.07. The zero-order valence-electron chi connectivity index (χ0n) is 16.1. The number of rotatable bonds is 9. The summed E-state index contributed by atoms with van der Waals surface area (Å²) in [6.45, 7) is 0.419. The predicted molar refractivity (Wildman–Crippen MR) is 120 cm³/mol. The van der Waals surface area contributed by atoms with Crippen LogP contribution in [0.4, 0.5) is 0 Å². The third-order valence-corrected chi connectivity index (χ3v) is 5.22. The Morgan fingerprint density at radius 2 is 1.97 bits per heavy atom. The summed E-state index contributed by atoms with van der Waals surface area (Å²) in [4.78, 5) is 20.0. The zero-order valence-corrected chi connectivity index (χ0v) is 18.5. The summed E-state index contributed by atoms with van der Waals surface area (Å²) in [5, 5.41) is 4.54. The van der Waals surface area contributed by atoms with E-state index in [-0.39, 0.29) is 11.7 Å². The van der Waals surface area contributed by atoms with E-state index < -0.39 is 0 Å². The van der Waals surface area contributed by atoms with E-state index >= 15 is 0 Å². The molecule has 1 aromatic heterocycles. The molecule has 2 aromatic carbocycles. The highest BCUT2D eigenvalue weighted by atomic mass is 79.9. The maximum absolute atomic E-state index is 11.9. The van der Waals surface area contributed by atoms with Crippen molar-refractivity contribution in [1.29, 1.82) is 0 Å². The molecule has 1 heterocycles. The molecule has 0 atom stereocenters. The molecule has 0 spiro atoms. The van der Waals surface area contributed by atoms with Crippen molar-refractivity contribution >= 4 is 39.8 Å². The lowest BCUT2D eigenvalue weighted by Gasteiger charge is -2.13. The molecule has 9 heteroatoms. The molecule has 3 aromatic rings. The number of halogens is 1. The molecule has 30 heavy (non-hydrogen) atoms. The lowest BCUT2D eigenvalue weighted by atomic mass is 10.2. The van der Waals surface area contributed by atoms with E-state index in [1.165, 1.54) is 18.0 Å². The summed E-state index contributed by atoms with van der Waals surface area (Å²) in [7, 11) is 1.57. The van der Waals surface area contributed by atoms with E-state index in [1.807, 2.05) is 36.4 Å². The Morgan fingerprint density at radius 1 is 1.20 bits per heavy atom. The van der Waals surface area contributed by atoms with Gasteiger partial charge in [-0.3, -0.25) is 4.79 Å². The maximum atomic E-state index is 11.9. The molecule has 0 fully saturated rings. The van der Waals surface area contributed by atoms with Gasteiger partial charge in [-0.15, -0.1) is 0 Å². The second-order valence-corrected chi connectivity index (χ2v) is 7.72. The van der Waals surface area contributed by atoms with E-state index in [0.717, 1.165) is 15.6 Å². The summed E-state index contributed by atoms with van der Waals surface area (Å²) in [6, 6.07) is 15.2.